The lowest BCUT2D eigenvalue weighted by Crippen LogP contribution is -3.10. The van der Waals surface area contributed by atoms with E-state index in [2.05, 4.69) is 4.98 Å². The number of hydrogen-bond donors (Lipinski definition) is 2. The normalized spacial score (nSPS) is 12.1. The highest BCUT2D eigenvalue weighted by Crippen LogP contribution is 2.27. The van der Waals surface area contributed by atoms with Crippen molar-refractivity contribution < 1.29 is 19.2 Å². The van der Waals surface area contributed by atoms with Gasteiger partial charge in [0.05, 0.1) is 27.8 Å². The number of carbonyl (C=O) groups is 1. The van der Waals surface area contributed by atoms with Gasteiger partial charge in [-0.2, -0.15) is 0 Å². The van der Waals surface area contributed by atoms with Gasteiger partial charge in [0.25, 0.3) is 0 Å². The lowest BCUT2D eigenvalue weighted by molar-refractivity contribution is -0.870. The SMILES string of the molecule is COc1ccc(CC[NH+](C)CC(=O)c2c[nH]c3ccccc23)cc1OC. The summed E-state index contributed by atoms with van der Waals surface area (Å²) in [4.78, 5) is 17.0. The first-order chi connectivity index (χ1) is 12.6. The van der Waals surface area contributed by atoms with Crippen molar-refractivity contribution in [1.29, 1.82) is 0 Å². The van der Waals surface area contributed by atoms with E-state index in [9.17, 15) is 4.79 Å². The number of H-pyrrole nitrogens is 1. The predicted octanol–water partition coefficient (Wildman–Crippen LogP) is 2.13. The molecule has 0 radical (unpaired) electrons. The Balaban J connectivity index is 1.60. The van der Waals surface area contributed by atoms with Crippen molar-refractivity contribution in [3.05, 3.63) is 59.8 Å². The zero-order valence-corrected chi connectivity index (χ0v) is 15.5. The minimum absolute atomic E-state index is 0.160. The van der Waals surface area contributed by atoms with Crippen LogP contribution in [0.5, 0.6) is 11.5 Å². The third-order valence-corrected chi connectivity index (χ3v) is 4.64. The van der Waals surface area contributed by atoms with E-state index in [1.165, 1.54) is 10.5 Å². The first kappa shape index (κ1) is 18.0. The topological polar surface area (TPSA) is 55.8 Å². The van der Waals surface area contributed by atoms with Gasteiger partial charge >= 0.3 is 0 Å². The van der Waals surface area contributed by atoms with E-state index < -0.39 is 0 Å². The largest absolute Gasteiger partial charge is 0.493 e. The molecule has 2 aromatic carbocycles. The Labute approximate surface area is 153 Å². The van der Waals surface area contributed by atoms with Crippen LogP contribution >= 0.6 is 0 Å². The highest BCUT2D eigenvalue weighted by molar-refractivity contribution is 6.08. The fourth-order valence-corrected chi connectivity index (χ4v) is 3.15. The van der Waals surface area contributed by atoms with E-state index in [-0.39, 0.29) is 5.78 Å². The van der Waals surface area contributed by atoms with Crippen LogP contribution in [0, 0.1) is 0 Å². The highest BCUT2D eigenvalue weighted by Gasteiger charge is 2.16. The van der Waals surface area contributed by atoms with Crippen LogP contribution in [-0.4, -0.2) is 45.1 Å². The molecule has 136 valence electrons. The van der Waals surface area contributed by atoms with Crippen LogP contribution in [0.25, 0.3) is 10.9 Å². The van der Waals surface area contributed by atoms with Crippen molar-refractivity contribution in [3.8, 4) is 11.5 Å². The van der Waals surface area contributed by atoms with Crippen molar-refractivity contribution in [3.63, 3.8) is 0 Å². The number of likely N-dealkylation sites (N-methyl/N-ethyl adjacent to an activating group) is 1. The Kier molecular flexibility index (Phi) is 5.58. The molecular formula is C21H25N2O3+. The van der Waals surface area contributed by atoms with Crippen LogP contribution in [0.1, 0.15) is 15.9 Å². The number of methoxy groups -OCH3 is 2. The molecule has 1 unspecified atom stereocenters. The average Bonchev–Trinajstić information content (AvgIpc) is 3.10. The second kappa shape index (κ2) is 8.06. The van der Waals surface area contributed by atoms with E-state index in [4.69, 9.17) is 9.47 Å². The fourth-order valence-electron chi connectivity index (χ4n) is 3.15. The number of aromatic nitrogens is 1. The van der Waals surface area contributed by atoms with Gasteiger partial charge < -0.3 is 19.4 Å². The second-order valence-corrected chi connectivity index (χ2v) is 6.49. The minimum Gasteiger partial charge on any atom is -0.493 e. The zero-order chi connectivity index (χ0) is 18.5. The van der Waals surface area contributed by atoms with Crippen molar-refractivity contribution in [2.24, 2.45) is 0 Å². The molecule has 1 aromatic heterocycles. The molecule has 5 heteroatoms. The number of hydrogen-bond acceptors (Lipinski definition) is 3. The Hall–Kier alpha value is -2.79. The molecule has 26 heavy (non-hydrogen) atoms. The Morgan fingerprint density at radius 2 is 1.85 bits per heavy atom. The monoisotopic (exact) mass is 353 g/mol. The Morgan fingerprint density at radius 1 is 1.08 bits per heavy atom. The van der Waals surface area contributed by atoms with E-state index >= 15 is 0 Å². The molecule has 0 fully saturated rings. The number of aromatic amines is 1. The van der Waals surface area contributed by atoms with E-state index in [1.54, 1.807) is 14.2 Å². The van der Waals surface area contributed by atoms with Crippen LogP contribution in [0.15, 0.2) is 48.7 Å². The number of quaternary nitrogens is 1. The van der Waals surface area contributed by atoms with Gasteiger partial charge in [-0.25, -0.2) is 0 Å². The summed E-state index contributed by atoms with van der Waals surface area (Å²) in [5, 5.41) is 0.991. The van der Waals surface area contributed by atoms with Crippen molar-refractivity contribution in [2.45, 2.75) is 6.42 Å². The summed E-state index contributed by atoms with van der Waals surface area (Å²) in [5.74, 6) is 1.62. The summed E-state index contributed by atoms with van der Waals surface area (Å²) in [7, 11) is 5.32. The number of Topliss-reactive ketones (excluding diaryl/α,β-unsaturated/α-hetero) is 1. The molecule has 2 N–H and O–H groups in total. The van der Waals surface area contributed by atoms with E-state index in [1.807, 2.05) is 55.7 Å². The van der Waals surface area contributed by atoms with Crippen LogP contribution in [0.3, 0.4) is 0 Å². The van der Waals surface area contributed by atoms with E-state index in [0.29, 0.717) is 6.54 Å². The molecule has 0 aliphatic carbocycles. The average molecular weight is 353 g/mol. The first-order valence-electron chi connectivity index (χ1n) is 8.74. The van der Waals surface area contributed by atoms with Gasteiger partial charge in [-0.15, -0.1) is 0 Å². The third-order valence-electron chi connectivity index (χ3n) is 4.64. The summed E-state index contributed by atoms with van der Waals surface area (Å²) in [6, 6.07) is 13.8. The van der Waals surface area contributed by atoms with Gasteiger partial charge in [0.2, 0.25) is 5.78 Å². The van der Waals surface area contributed by atoms with Crippen LogP contribution in [-0.2, 0) is 6.42 Å². The summed E-state index contributed by atoms with van der Waals surface area (Å²) < 4.78 is 10.6. The third kappa shape index (κ3) is 3.89. The van der Waals surface area contributed by atoms with Gasteiger partial charge in [0.1, 0.15) is 6.54 Å². The molecule has 0 saturated carbocycles. The lowest BCUT2D eigenvalue weighted by atomic mass is 10.1. The molecule has 0 aliphatic rings. The van der Waals surface area contributed by atoms with Gasteiger partial charge in [-0.05, 0) is 23.8 Å². The summed E-state index contributed by atoms with van der Waals surface area (Å²) in [5.41, 5.74) is 2.94. The molecule has 0 bridgehead atoms. The maximum absolute atomic E-state index is 12.6. The zero-order valence-electron chi connectivity index (χ0n) is 15.5. The number of ketones is 1. The van der Waals surface area contributed by atoms with Gasteiger partial charge in [-0.1, -0.05) is 24.3 Å². The molecule has 0 saturated heterocycles. The molecule has 3 aromatic rings. The predicted molar refractivity (Wildman–Crippen MR) is 102 cm³/mol. The summed E-state index contributed by atoms with van der Waals surface area (Å²) in [6.07, 6.45) is 2.68. The second-order valence-electron chi connectivity index (χ2n) is 6.49. The standard InChI is InChI=1S/C21H24N2O3/c1-23(11-10-15-8-9-20(25-2)21(12-15)26-3)14-19(24)17-13-22-18-7-5-4-6-16(17)18/h4-9,12-13,22H,10-11,14H2,1-3H3/p+1. The number of para-hydroxylation sites is 1. The minimum atomic E-state index is 0.160. The quantitative estimate of drug-likeness (QED) is 0.610. The van der Waals surface area contributed by atoms with Crippen molar-refractivity contribution in [1.82, 2.24) is 4.98 Å². The van der Waals surface area contributed by atoms with Crippen molar-refractivity contribution in [2.75, 3.05) is 34.4 Å². The summed E-state index contributed by atoms with van der Waals surface area (Å²) >= 11 is 0. The molecule has 0 spiro atoms. The maximum Gasteiger partial charge on any atom is 0.218 e. The molecule has 1 atom stereocenters. The van der Waals surface area contributed by atoms with Gasteiger partial charge in [0, 0.05) is 29.1 Å². The molecule has 0 aliphatic heterocycles. The van der Waals surface area contributed by atoms with Gasteiger partial charge in [-0.3, -0.25) is 4.79 Å². The van der Waals surface area contributed by atoms with Crippen LogP contribution < -0.4 is 14.4 Å². The van der Waals surface area contributed by atoms with Crippen LogP contribution in [0.4, 0.5) is 0 Å². The van der Waals surface area contributed by atoms with Gasteiger partial charge in [0.15, 0.2) is 11.5 Å². The number of rotatable bonds is 8. The molecule has 5 nitrogen and oxygen atoms in total. The maximum atomic E-state index is 12.6. The number of nitrogens with one attached hydrogen (secondary N) is 2. The molecule has 0 amide bonds. The fraction of sp³-hybridized carbons (Fsp3) is 0.286. The molecule has 3 rings (SSSR count). The van der Waals surface area contributed by atoms with Crippen molar-refractivity contribution >= 4 is 16.7 Å². The summed E-state index contributed by atoms with van der Waals surface area (Å²) in [6.45, 7) is 1.33. The van der Waals surface area contributed by atoms with E-state index in [0.717, 1.165) is 40.9 Å². The molecule has 1 heterocycles. The number of fused-ring (bicyclic) bond motifs is 1. The highest BCUT2D eigenvalue weighted by atomic mass is 16.5. The smallest absolute Gasteiger partial charge is 0.218 e. The number of ether oxygens (including phenoxy) is 2. The first-order valence-corrected chi connectivity index (χ1v) is 8.74. The number of benzene rings is 2. The Morgan fingerprint density at radius 3 is 2.62 bits per heavy atom. The Bertz CT molecular complexity index is 901. The molecular weight excluding hydrogens is 328 g/mol. The lowest BCUT2D eigenvalue weighted by Gasteiger charge is -2.14. The number of carbonyl (C=O) groups excluding carboxylic acids is 1. The van der Waals surface area contributed by atoms with Crippen LogP contribution in [0.2, 0.25) is 0 Å².